The van der Waals surface area contributed by atoms with Gasteiger partial charge in [0, 0.05) is 33.0 Å². The molecule has 1 heterocycles. The molecule has 2 nitrogen and oxygen atoms in total. The van der Waals surface area contributed by atoms with E-state index in [1.54, 1.807) is 11.3 Å². The largest absolute Gasteiger partial charge is 0.384 e. The third-order valence-electron chi connectivity index (χ3n) is 2.44. The van der Waals surface area contributed by atoms with E-state index in [0.717, 1.165) is 33.8 Å². The SMILES string of the molecule is Cc1ncsc1CCNc1ccc(Cl)cc1Br. The second-order valence-electron chi connectivity index (χ2n) is 3.66. The number of rotatable bonds is 4. The third kappa shape index (κ3) is 3.44. The molecule has 0 spiro atoms. The van der Waals surface area contributed by atoms with Gasteiger partial charge < -0.3 is 5.32 Å². The summed E-state index contributed by atoms with van der Waals surface area (Å²) < 4.78 is 0.992. The lowest BCUT2D eigenvalue weighted by Gasteiger charge is -2.08. The van der Waals surface area contributed by atoms with E-state index in [1.807, 2.05) is 30.6 Å². The van der Waals surface area contributed by atoms with Crippen LogP contribution in [-0.4, -0.2) is 11.5 Å². The summed E-state index contributed by atoms with van der Waals surface area (Å²) in [7, 11) is 0. The first-order valence-corrected chi connectivity index (χ1v) is 7.30. The highest BCUT2D eigenvalue weighted by atomic mass is 79.9. The number of benzene rings is 1. The molecule has 0 unspecified atom stereocenters. The Hall–Kier alpha value is -0.580. The van der Waals surface area contributed by atoms with Gasteiger partial charge in [-0.2, -0.15) is 0 Å². The number of nitrogens with one attached hydrogen (secondary N) is 1. The van der Waals surface area contributed by atoms with E-state index in [-0.39, 0.29) is 0 Å². The molecule has 0 fully saturated rings. The summed E-state index contributed by atoms with van der Waals surface area (Å²) in [6.45, 7) is 2.94. The Bertz CT molecular complexity index is 513. The summed E-state index contributed by atoms with van der Waals surface area (Å²) in [4.78, 5) is 5.57. The molecular formula is C12H12BrClN2S. The van der Waals surface area contributed by atoms with Crippen LogP contribution in [0.5, 0.6) is 0 Å². The van der Waals surface area contributed by atoms with Gasteiger partial charge in [0.2, 0.25) is 0 Å². The molecule has 17 heavy (non-hydrogen) atoms. The van der Waals surface area contributed by atoms with Crippen LogP contribution in [0.4, 0.5) is 5.69 Å². The fourth-order valence-corrected chi connectivity index (χ4v) is 3.11. The molecule has 0 aliphatic carbocycles. The van der Waals surface area contributed by atoms with Gasteiger partial charge in [0.05, 0.1) is 11.2 Å². The van der Waals surface area contributed by atoms with Crippen LogP contribution in [0.15, 0.2) is 28.2 Å². The van der Waals surface area contributed by atoms with Crippen LogP contribution < -0.4 is 5.32 Å². The quantitative estimate of drug-likeness (QED) is 0.891. The van der Waals surface area contributed by atoms with Crippen molar-refractivity contribution in [3.8, 4) is 0 Å². The first-order valence-electron chi connectivity index (χ1n) is 5.24. The van der Waals surface area contributed by atoms with E-state index < -0.39 is 0 Å². The maximum Gasteiger partial charge on any atom is 0.0797 e. The lowest BCUT2D eigenvalue weighted by molar-refractivity contribution is 1.02. The number of halogens is 2. The maximum atomic E-state index is 5.89. The van der Waals surface area contributed by atoms with Crippen molar-refractivity contribution in [1.82, 2.24) is 4.98 Å². The minimum absolute atomic E-state index is 0.737. The van der Waals surface area contributed by atoms with Crippen LogP contribution in [0, 0.1) is 6.92 Å². The molecule has 90 valence electrons. The van der Waals surface area contributed by atoms with Gasteiger partial charge in [0.25, 0.3) is 0 Å². The van der Waals surface area contributed by atoms with E-state index in [4.69, 9.17) is 11.6 Å². The average Bonchev–Trinajstić information content (AvgIpc) is 2.68. The number of hydrogen-bond acceptors (Lipinski definition) is 3. The Morgan fingerprint density at radius 3 is 2.94 bits per heavy atom. The second-order valence-corrected chi connectivity index (χ2v) is 5.89. The average molecular weight is 332 g/mol. The predicted molar refractivity (Wildman–Crippen MR) is 78.2 cm³/mol. The Kier molecular flexibility index (Phi) is 4.42. The topological polar surface area (TPSA) is 24.9 Å². The molecule has 0 saturated carbocycles. The second kappa shape index (κ2) is 5.85. The van der Waals surface area contributed by atoms with Gasteiger partial charge in [0.15, 0.2) is 0 Å². The van der Waals surface area contributed by atoms with Gasteiger partial charge in [-0.3, -0.25) is 0 Å². The normalized spacial score (nSPS) is 10.5. The number of nitrogens with zero attached hydrogens (tertiary/aromatic N) is 1. The van der Waals surface area contributed by atoms with E-state index in [0.29, 0.717) is 0 Å². The monoisotopic (exact) mass is 330 g/mol. The van der Waals surface area contributed by atoms with Crippen molar-refractivity contribution in [1.29, 1.82) is 0 Å². The van der Waals surface area contributed by atoms with Crippen LogP contribution in [0.2, 0.25) is 5.02 Å². The zero-order valence-corrected chi connectivity index (χ0v) is 12.5. The molecule has 1 aromatic heterocycles. The van der Waals surface area contributed by atoms with E-state index in [1.165, 1.54) is 4.88 Å². The molecule has 0 radical (unpaired) electrons. The van der Waals surface area contributed by atoms with E-state index in [9.17, 15) is 0 Å². The highest BCUT2D eigenvalue weighted by Crippen LogP contribution is 2.26. The van der Waals surface area contributed by atoms with Gasteiger partial charge in [-0.25, -0.2) is 4.98 Å². The van der Waals surface area contributed by atoms with Gasteiger partial charge in [0.1, 0.15) is 0 Å². The molecular weight excluding hydrogens is 320 g/mol. The number of hydrogen-bond donors (Lipinski definition) is 1. The lowest BCUT2D eigenvalue weighted by Crippen LogP contribution is -2.05. The molecule has 2 rings (SSSR count). The molecule has 0 aliphatic heterocycles. The fraction of sp³-hybridized carbons (Fsp3) is 0.250. The van der Waals surface area contributed by atoms with Crippen molar-refractivity contribution in [2.45, 2.75) is 13.3 Å². The maximum absolute atomic E-state index is 5.89. The number of anilines is 1. The zero-order chi connectivity index (χ0) is 12.3. The third-order valence-corrected chi connectivity index (χ3v) is 4.33. The minimum atomic E-state index is 0.737. The molecule has 0 saturated heterocycles. The van der Waals surface area contributed by atoms with Gasteiger partial charge in [-0.1, -0.05) is 11.6 Å². The Labute approximate surface area is 118 Å². The predicted octanol–water partition coefficient (Wildman–Crippen LogP) is 4.52. The van der Waals surface area contributed by atoms with Gasteiger partial charge in [-0.15, -0.1) is 11.3 Å². The molecule has 0 amide bonds. The summed E-state index contributed by atoms with van der Waals surface area (Å²) in [5.41, 5.74) is 4.09. The molecule has 0 atom stereocenters. The summed E-state index contributed by atoms with van der Waals surface area (Å²) in [5, 5.41) is 4.12. The highest BCUT2D eigenvalue weighted by molar-refractivity contribution is 9.10. The van der Waals surface area contributed by atoms with Crippen molar-refractivity contribution in [2.24, 2.45) is 0 Å². The Balaban J connectivity index is 1.92. The number of thiazole rings is 1. The smallest absolute Gasteiger partial charge is 0.0797 e. The van der Waals surface area contributed by atoms with E-state index >= 15 is 0 Å². The Morgan fingerprint density at radius 1 is 1.47 bits per heavy atom. The van der Waals surface area contributed by atoms with E-state index in [2.05, 4.69) is 26.2 Å². The van der Waals surface area contributed by atoms with Crippen LogP contribution in [0.25, 0.3) is 0 Å². The van der Waals surface area contributed by atoms with Gasteiger partial charge >= 0.3 is 0 Å². The number of aromatic nitrogens is 1. The Morgan fingerprint density at radius 2 is 2.29 bits per heavy atom. The zero-order valence-electron chi connectivity index (χ0n) is 9.34. The first kappa shape index (κ1) is 12.9. The van der Waals surface area contributed by atoms with Crippen molar-refractivity contribution >= 4 is 44.6 Å². The molecule has 1 N–H and O–H groups in total. The van der Waals surface area contributed by atoms with Crippen molar-refractivity contribution in [3.63, 3.8) is 0 Å². The molecule has 0 aliphatic rings. The highest BCUT2D eigenvalue weighted by Gasteiger charge is 2.03. The van der Waals surface area contributed by atoms with Crippen LogP contribution in [0.1, 0.15) is 10.6 Å². The van der Waals surface area contributed by atoms with Crippen molar-refractivity contribution in [3.05, 3.63) is 43.8 Å². The van der Waals surface area contributed by atoms with Crippen LogP contribution in [-0.2, 0) is 6.42 Å². The van der Waals surface area contributed by atoms with Crippen molar-refractivity contribution in [2.75, 3.05) is 11.9 Å². The first-order chi connectivity index (χ1) is 8.16. The standard InChI is InChI=1S/C12H12BrClN2S/c1-8-12(17-7-16-8)4-5-15-11-3-2-9(14)6-10(11)13/h2-3,6-7,15H,4-5H2,1H3. The van der Waals surface area contributed by atoms with Crippen LogP contribution >= 0.6 is 38.9 Å². The minimum Gasteiger partial charge on any atom is -0.384 e. The lowest BCUT2D eigenvalue weighted by atomic mass is 10.3. The van der Waals surface area contributed by atoms with Crippen molar-refractivity contribution < 1.29 is 0 Å². The summed E-state index contributed by atoms with van der Waals surface area (Å²) in [6, 6.07) is 5.75. The molecule has 2 aromatic rings. The molecule has 1 aromatic carbocycles. The molecule has 5 heteroatoms. The fourth-order valence-electron chi connectivity index (χ4n) is 1.51. The molecule has 0 bridgehead atoms. The van der Waals surface area contributed by atoms with Gasteiger partial charge in [-0.05, 0) is 41.1 Å². The number of aryl methyl sites for hydroxylation is 1. The van der Waals surface area contributed by atoms with Crippen LogP contribution in [0.3, 0.4) is 0 Å². The summed E-state index contributed by atoms with van der Waals surface area (Å²) in [5.74, 6) is 0. The summed E-state index contributed by atoms with van der Waals surface area (Å²) >= 11 is 11.1. The summed E-state index contributed by atoms with van der Waals surface area (Å²) in [6.07, 6.45) is 0.992.